The number of hydrogen-bond acceptors (Lipinski definition) is 5. The van der Waals surface area contributed by atoms with Crippen LogP contribution in [0.2, 0.25) is 0 Å². The number of ether oxygens (including phenoxy) is 1. The van der Waals surface area contributed by atoms with Crippen LogP contribution in [-0.4, -0.2) is 17.8 Å². The predicted molar refractivity (Wildman–Crippen MR) is 132 cm³/mol. The number of amides is 2. The Morgan fingerprint density at radius 1 is 0.882 bits per heavy atom. The van der Waals surface area contributed by atoms with Crippen molar-refractivity contribution < 1.29 is 19.1 Å². The minimum atomic E-state index is -0.594. The monoisotopic (exact) mass is 474 g/mol. The summed E-state index contributed by atoms with van der Waals surface area (Å²) in [5.41, 5.74) is 5.01. The van der Waals surface area contributed by atoms with Crippen LogP contribution in [0.5, 0.6) is 5.75 Å². The number of aryl methyl sites for hydroxylation is 3. The minimum absolute atomic E-state index is 0.0190. The highest BCUT2D eigenvalue weighted by Gasteiger charge is 2.39. The number of nitrogens with zero attached hydrogens (tertiary/aromatic N) is 1. The minimum Gasteiger partial charge on any atom is -0.422 e. The Morgan fingerprint density at radius 2 is 1.56 bits per heavy atom. The van der Waals surface area contributed by atoms with Gasteiger partial charge in [-0.2, -0.15) is 0 Å². The Kier molecular flexibility index (Phi) is 6.26. The van der Waals surface area contributed by atoms with Gasteiger partial charge in [-0.3, -0.25) is 9.59 Å². The number of carbonyl (C=O) groups excluding carboxylic acids is 3. The Hall–Kier alpha value is -3.90. The van der Waals surface area contributed by atoms with Crippen LogP contribution in [0, 0.1) is 27.7 Å². The molecular weight excluding hydrogens is 452 g/mol. The molecular formula is C27H23ClN2O4. The van der Waals surface area contributed by atoms with Gasteiger partial charge in [-0.1, -0.05) is 35.9 Å². The summed E-state index contributed by atoms with van der Waals surface area (Å²) in [6.07, 6.45) is 0. The molecule has 0 spiro atoms. The first-order chi connectivity index (χ1) is 16.2. The molecule has 2 amide bonds. The number of esters is 1. The third-order valence-electron chi connectivity index (χ3n) is 5.75. The van der Waals surface area contributed by atoms with Gasteiger partial charge in [0.05, 0.1) is 11.3 Å². The zero-order valence-corrected chi connectivity index (χ0v) is 20.0. The highest BCUT2D eigenvalue weighted by atomic mass is 35.5. The molecule has 0 saturated heterocycles. The van der Waals surface area contributed by atoms with Crippen LogP contribution in [0.25, 0.3) is 0 Å². The van der Waals surface area contributed by atoms with E-state index in [4.69, 9.17) is 16.3 Å². The van der Waals surface area contributed by atoms with Gasteiger partial charge in [0, 0.05) is 5.69 Å². The fourth-order valence-corrected chi connectivity index (χ4v) is 3.89. The van der Waals surface area contributed by atoms with E-state index in [1.165, 1.54) is 0 Å². The molecule has 4 rings (SSSR count). The number of benzene rings is 3. The van der Waals surface area contributed by atoms with Gasteiger partial charge in [0.15, 0.2) is 0 Å². The van der Waals surface area contributed by atoms with Crippen molar-refractivity contribution in [2.45, 2.75) is 27.7 Å². The molecule has 34 heavy (non-hydrogen) atoms. The maximum absolute atomic E-state index is 12.9. The van der Waals surface area contributed by atoms with Crippen LogP contribution >= 0.6 is 11.6 Å². The molecule has 0 bridgehead atoms. The SMILES string of the molecule is Cc1cccc(N2C(=O)C(Cl)=C(Nc3ccc(C(=O)Oc4c(C)ccc(C)c4C)cc3)C2=O)c1. The Bertz CT molecular complexity index is 1360. The first kappa shape index (κ1) is 23.3. The second-order valence-electron chi connectivity index (χ2n) is 8.22. The largest absolute Gasteiger partial charge is 0.422 e. The zero-order valence-electron chi connectivity index (χ0n) is 19.2. The zero-order chi connectivity index (χ0) is 24.6. The van der Waals surface area contributed by atoms with E-state index < -0.39 is 17.8 Å². The van der Waals surface area contributed by atoms with E-state index in [1.54, 1.807) is 42.5 Å². The number of carbonyl (C=O) groups is 3. The van der Waals surface area contributed by atoms with Crippen LogP contribution < -0.4 is 15.0 Å². The summed E-state index contributed by atoms with van der Waals surface area (Å²) >= 11 is 6.20. The van der Waals surface area contributed by atoms with E-state index in [0.29, 0.717) is 22.7 Å². The summed E-state index contributed by atoms with van der Waals surface area (Å²) in [5, 5.41) is 2.72. The molecule has 0 saturated carbocycles. The standard InChI is InChI=1S/C27H23ClN2O4/c1-15-6-5-7-21(14-15)30-25(31)22(28)23(26(30)32)29-20-12-10-19(11-13-20)27(33)34-24-17(3)9-8-16(2)18(24)4/h5-14,29H,1-4H3. The molecule has 3 aromatic carbocycles. The summed E-state index contributed by atoms with van der Waals surface area (Å²) in [5.74, 6) is -1.08. The first-order valence-electron chi connectivity index (χ1n) is 10.7. The summed E-state index contributed by atoms with van der Waals surface area (Å²) in [7, 11) is 0. The number of halogens is 1. The Labute approximate surface area is 202 Å². The average molecular weight is 475 g/mol. The fourth-order valence-electron chi connectivity index (χ4n) is 3.68. The number of anilines is 2. The highest BCUT2D eigenvalue weighted by molar-refractivity contribution is 6.53. The van der Waals surface area contributed by atoms with Gasteiger partial charge in [-0.05, 0) is 86.3 Å². The number of rotatable bonds is 5. The van der Waals surface area contributed by atoms with Crippen LogP contribution in [0.3, 0.4) is 0 Å². The predicted octanol–water partition coefficient (Wildman–Crippen LogP) is 5.58. The van der Waals surface area contributed by atoms with Crippen molar-refractivity contribution in [1.82, 2.24) is 0 Å². The molecule has 0 fully saturated rings. The maximum atomic E-state index is 12.9. The van der Waals surface area contributed by atoms with E-state index in [0.717, 1.165) is 27.2 Å². The lowest BCUT2D eigenvalue weighted by Crippen LogP contribution is -2.32. The van der Waals surface area contributed by atoms with E-state index in [9.17, 15) is 14.4 Å². The van der Waals surface area contributed by atoms with Crippen molar-refractivity contribution in [3.05, 3.63) is 99.2 Å². The summed E-state index contributed by atoms with van der Waals surface area (Å²) in [6, 6.07) is 17.4. The van der Waals surface area contributed by atoms with Gasteiger partial charge >= 0.3 is 5.97 Å². The lowest BCUT2D eigenvalue weighted by molar-refractivity contribution is -0.120. The van der Waals surface area contributed by atoms with Gasteiger partial charge < -0.3 is 10.1 Å². The molecule has 0 atom stereocenters. The van der Waals surface area contributed by atoms with Gasteiger partial charge in [0.1, 0.15) is 16.5 Å². The van der Waals surface area contributed by atoms with Gasteiger partial charge in [0.25, 0.3) is 11.8 Å². The number of nitrogens with one attached hydrogen (secondary N) is 1. The molecule has 0 radical (unpaired) electrons. The second-order valence-corrected chi connectivity index (χ2v) is 8.60. The lowest BCUT2D eigenvalue weighted by atomic mass is 10.1. The van der Waals surface area contributed by atoms with Crippen molar-refractivity contribution in [3.8, 4) is 5.75 Å². The van der Waals surface area contributed by atoms with Crippen molar-refractivity contribution >= 4 is 40.8 Å². The molecule has 1 aliphatic rings. The average Bonchev–Trinajstić information content (AvgIpc) is 3.02. The molecule has 6 nitrogen and oxygen atoms in total. The summed E-state index contributed by atoms with van der Waals surface area (Å²) in [6.45, 7) is 7.63. The third-order valence-corrected chi connectivity index (χ3v) is 6.10. The van der Waals surface area contributed by atoms with E-state index in [1.807, 2.05) is 45.9 Å². The fraction of sp³-hybridized carbons (Fsp3) is 0.148. The number of imide groups is 1. The Balaban J connectivity index is 1.51. The smallest absolute Gasteiger partial charge is 0.343 e. The van der Waals surface area contributed by atoms with Crippen LogP contribution in [0.15, 0.2) is 71.4 Å². The molecule has 3 aromatic rings. The quantitative estimate of drug-likeness (QED) is 0.297. The molecule has 7 heteroatoms. The Morgan fingerprint density at radius 3 is 2.24 bits per heavy atom. The topological polar surface area (TPSA) is 75.7 Å². The van der Waals surface area contributed by atoms with Gasteiger partial charge in [0.2, 0.25) is 0 Å². The summed E-state index contributed by atoms with van der Waals surface area (Å²) < 4.78 is 5.64. The second kappa shape index (κ2) is 9.15. The first-order valence-corrected chi connectivity index (χ1v) is 11.1. The van der Waals surface area contributed by atoms with E-state index >= 15 is 0 Å². The molecule has 1 aliphatic heterocycles. The van der Waals surface area contributed by atoms with Crippen molar-refractivity contribution in [2.75, 3.05) is 10.2 Å². The van der Waals surface area contributed by atoms with Gasteiger partial charge in [-0.25, -0.2) is 9.69 Å². The van der Waals surface area contributed by atoms with E-state index in [-0.39, 0.29) is 10.7 Å². The normalized spacial score (nSPS) is 13.5. The van der Waals surface area contributed by atoms with Crippen LogP contribution in [0.1, 0.15) is 32.6 Å². The van der Waals surface area contributed by atoms with Crippen LogP contribution in [-0.2, 0) is 9.59 Å². The van der Waals surface area contributed by atoms with Crippen molar-refractivity contribution in [3.63, 3.8) is 0 Å². The third kappa shape index (κ3) is 4.32. The highest BCUT2D eigenvalue weighted by Crippen LogP contribution is 2.31. The molecule has 172 valence electrons. The van der Waals surface area contributed by atoms with E-state index in [2.05, 4.69) is 5.32 Å². The lowest BCUT2D eigenvalue weighted by Gasteiger charge is -2.15. The summed E-state index contributed by atoms with van der Waals surface area (Å²) in [4.78, 5) is 39.3. The molecule has 0 aromatic heterocycles. The molecule has 0 aliphatic carbocycles. The maximum Gasteiger partial charge on any atom is 0.343 e. The van der Waals surface area contributed by atoms with Crippen molar-refractivity contribution in [2.24, 2.45) is 0 Å². The molecule has 1 N–H and O–H groups in total. The van der Waals surface area contributed by atoms with Gasteiger partial charge in [-0.15, -0.1) is 0 Å². The number of hydrogen-bond donors (Lipinski definition) is 1. The molecule has 0 unspecified atom stereocenters. The van der Waals surface area contributed by atoms with Crippen LogP contribution in [0.4, 0.5) is 11.4 Å². The van der Waals surface area contributed by atoms with Crippen molar-refractivity contribution in [1.29, 1.82) is 0 Å². The molecule has 1 heterocycles.